The van der Waals surface area contributed by atoms with Crippen molar-refractivity contribution >= 4 is 5.97 Å². The molecule has 0 bridgehead atoms. The van der Waals surface area contributed by atoms with Crippen LogP contribution in [0.1, 0.15) is 35.2 Å². The van der Waals surface area contributed by atoms with Crippen molar-refractivity contribution < 1.29 is 14.3 Å². The number of carbonyl (C=O) groups is 1. The second-order valence-corrected chi connectivity index (χ2v) is 5.24. The lowest BCUT2D eigenvalue weighted by atomic mass is 9.97. The Bertz CT molecular complexity index is 410. The lowest BCUT2D eigenvalue weighted by Gasteiger charge is -2.22. The maximum Gasteiger partial charge on any atom is 0.337 e. The third-order valence-electron chi connectivity index (χ3n) is 3.71. The van der Waals surface area contributed by atoms with Gasteiger partial charge in [0.15, 0.2) is 0 Å². The van der Waals surface area contributed by atoms with Gasteiger partial charge in [-0.3, -0.25) is 0 Å². The first-order valence-electron chi connectivity index (χ1n) is 7.25. The van der Waals surface area contributed by atoms with E-state index < -0.39 is 0 Å². The van der Waals surface area contributed by atoms with Crippen LogP contribution in [0.5, 0.6) is 0 Å². The number of carbonyl (C=O) groups excluding carboxylic acids is 1. The third-order valence-corrected chi connectivity index (χ3v) is 3.71. The summed E-state index contributed by atoms with van der Waals surface area (Å²) in [6, 6.07) is 7.37. The van der Waals surface area contributed by atoms with Crippen LogP contribution in [0.2, 0.25) is 0 Å². The highest BCUT2D eigenvalue weighted by molar-refractivity contribution is 5.89. The number of piperidine rings is 1. The predicted octanol–water partition coefficient (Wildman–Crippen LogP) is 2.38. The molecule has 4 heteroatoms. The number of methoxy groups -OCH3 is 1. The van der Waals surface area contributed by atoms with E-state index >= 15 is 0 Å². The monoisotopic (exact) mass is 277 g/mol. The molecule has 1 heterocycles. The van der Waals surface area contributed by atoms with Crippen molar-refractivity contribution in [3.05, 3.63) is 35.4 Å². The maximum atomic E-state index is 11.3. The lowest BCUT2D eigenvalue weighted by Crippen LogP contribution is -2.30. The zero-order chi connectivity index (χ0) is 14.2. The molecule has 1 aliphatic heterocycles. The summed E-state index contributed by atoms with van der Waals surface area (Å²) < 4.78 is 10.4. The van der Waals surface area contributed by atoms with Gasteiger partial charge in [-0.25, -0.2) is 4.79 Å². The van der Waals surface area contributed by atoms with E-state index in [1.807, 2.05) is 12.1 Å². The number of rotatable bonds is 6. The molecule has 1 aliphatic rings. The second kappa shape index (κ2) is 8.02. The summed E-state index contributed by atoms with van der Waals surface area (Å²) in [6.45, 7) is 3.67. The van der Waals surface area contributed by atoms with Crippen LogP contribution in [-0.4, -0.2) is 32.8 Å². The molecule has 1 fully saturated rings. The van der Waals surface area contributed by atoms with Gasteiger partial charge < -0.3 is 14.8 Å². The smallest absolute Gasteiger partial charge is 0.337 e. The average molecular weight is 277 g/mol. The Balaban J connectivity index is 1.67. The Morgan fingerprint density at radius 3 is 2.80 bits per heavy atom. The fraction of sp³-hybridized carbons (Fsp3) is 0.562. The van der Waals surface area contributed by atoms with Gasteiger partial charge in [-0.1, -0.05) is 12.1 Å². The Labute approximate surface area is 120 Å². The SMILES string of the molecule is COC(=O)c1ccc(COCC[C@H]2CCCNC2)cc1. The zero-order valence-electron chi connectivity index (χ0n) is 12.1. The number of benzene rings is 1. The molecule has 0 aliphatic carbocycles. The number of ether oxygens (including phenoxy) is 2. The van der Waals surface area contributed by atoms with E-state index in [1.165, 1.54) is 20.0 Å². The molecule has 1 atom stereocenters. The summed E-state index contributed by atoms with van der Waals surface area (Å²) in [5, 5.41) is 3.42. The zero-order valence-corrected chi connectivity index (χ0v) is 12.1. The number of hydrogen-bond acceptors (Lipinski definition) is 4. The topological polar surface area (TPSA) is 47.6 Å². The van der Waals surface area contributed by atoms with Gasteiger partial charge in [-0.15, -0.1) is 0 Å². The first-order chi connectivity index (χ1) is 9.79. The number of esters is 1. The van der Waals surface area contributed by atoms with Gasteiger partial charge in [0.25, 0.3) is 0 Å². The van der Waals surface area contributed by atoms with Crippen LogP contribution in [0.15, 0.2) is 24.3 Å². The molecular formula is C16H23NO3. The minimum Gasteiger partial charge on any atom is -0.465 e. The van der Waals surface area contributed by atoms with E-state index in [9.17, 15) is 4.79 Å². The van der Waals surface area contributed by atoms with Gasteiger partial charge in [0.05, 0.1) is 19.3 Å². The van der Waals surface area contributed by atoms with Crippen LogP contribution >= 0.6 is 0 Å². The Hall–Kier alpha value is -1.39. The van der Waals surface area contributed by atoms with E-state index in [4.69, 9.17) is 4.74 Å². The molecule has 0 aromatic heterocycles. The van der Waals surface area contributed by atoms with E-state index in [0.717, 1.165) is 37.6 Å². The molecular weight excluding hydrogens is 254 g/mol. The molecule has 110 valence electrons. The summed E-state index contributed by atoms with van der Waals surface area (Å²) in [6.07, 6.45) is 3.71. The molecule has 1 aromatic carbocycles. The third kappa shape index (κ3) is 4.62. The molecule has 1 aromatic rings. The highest BCUT2D eigenvalue weighted by Gasteiger charge is 2.12. The highest BCUT2D eigenvalue weighted by atomic mass is 16.5. The fourth-order valence-electron chi connectivity index (χ4n) is 2.47. The predicted molar refractivity (Wildman–Crippen MR) is 77.6 cm³/mol. The molecule has 20 heavy (non-hydrogen) atoms. The fourth-order valence-corrected chi connectivity index (χ4v) is 2.47. The van der Waals surface area contributed by atoms with Crippen molar-refractivity contribution in [2.24, 2.45) is 5.92 Å². The van der Waals surface area contributed by atoms with Crippen molar-refractivity contribution in [2.75, 3.05) is 26.8 Å². The maximum absolute atomic E-state index is 11.3. The van der Waals surface area contributed by atoms with Crippen LogP contribution in [0, 0.1) is 5.92 Å². The quantitative estimate of drug-likeness (QED) is 0.640. The van der Waals surface area contributed by atoms with E-state index in [1.54, 1.807) is 12.1 Å². The second-order valence-electron chi connectivity index (χ2n) is 5.24. The van der Waals surface area contributed by atoms with E-state index in [0.29, 0.717) is 12.2 Å². The van der Waals surface area contributed by atoms with Crippen molar-refractivity contribution in [3.8, 4) is 0 Å². The molecule has 4 nitrogen and oxygen atoms in total. The molecule has 0 spiro atoms. The Morgan fingerprint density at radius 1 is 1.35 bits per heavy atom. The minimum absolute atomic E-state index is 0.303. The summed E-state index contributed by atoms with van der Waals surface area (Å²) in [5.41, 5.74) is 1.66. The van der Waals surface area contributed by atoms with Crippen LogP contribution < -0.4 is 5.32 Å². The first kappa shape index (κ1) is 15.0. The Kier molecular flexibility index (Phi) is 6.02. The van der Waals surface area contributed by atoms with Crippen LogP contribution in [-0.2, 0) is 16.1 Å². The van der Waals surface area contributed by atoms with Gasteiger partial charge in [-0.2, -0.15) is 0 Å². The summed E-state index contributed by atoms with van der Waals surface area (Å²) in [5.74, 6) is 0.452. The normalized spacial score (nSPS) is 18.8. The first-order valence-corrected chi connectivity index (χ1v) is 7.25. The number of nitrogens with one attached hydrogen (secondary N) is 1. The molecule has 1 saturated heterocycles. The number of hydrogen-bond donors (Lipinski definition) is 1. The summed E-state index contributed by atoms with van der Waals surface area (Å²) in [7, 11) is 1.39. The standard InChI is InChI=1S/C16H23NO3/c1-19-16(18)15-6-4-14(5-7-15)12-20-10-8-13-3-2-9-17-11-13/h4-7,13,17H,2-3,8-12H2,1H3/t13-/m1/s1. The van der Waals surface area contributed by atoms with Gasteiger partial charge in [0.2, 0.25) is 0 Å². The van der Waals surface area contributed by atoms with Crippen molar-refractivity contribution in [3.63, 3.8) is 0 Å². The van der Waals surface area contributed by atoms with Crippen LogP contribution in [0.3, 0.4) is 0 Å². The average Bonchev–Trinajstić information content (AvgIpc) is 2.52. The molecule has 0 radical (unpaired) electrons. The lowest BCUT2D eigenvalue weighted by molar-refractivity contribution is 0.0600. The van der Waals surface area contributed by atoms with E-state index in [2.05, 4.69) is 10.1 Å². The van der Waals surface area contributed by atoms with E-state index in [-0.39, 0.29) is 5.97 Å². The van der Waals surface area contributed by atoms with Gasteiger partial charge >= 0.3 is 5.97 Å². The van der Waals surface area contributed by atoms with Crippen molar-refractivity contribution in [2.45, 2.75) is 25.9 Å². The minimum atomic E-state index is -0.303. The molecule has 0 amide bonds. The summed E-state index contributed by atoms with van der Waals surface area (Å²) >= 11 is 0. The van der Waals surface area contributed by atoms with Crippen molar-refractivity contribution in [1.82, 2.24) is 5.32 Å². The van der Waals surface area contributed by atoms with Crippen LogP contribution in [0.4, 0.5) is 0 Å². The van der Waals surface area contributed by atoms with Crippen LogP contribution in [0.25, 0.3) is 0 Å². The molecule has 0 unspecified atom stereocenters. The highest BCUT2D eigenvalue weighted by Crippen LogP contribution is 2.14. The molecule has 2 rings (SSSR count). The molecule has 1 N–H and O–H groups in total. The van der Waals surface area contributed by atoms with Gasteiger partial charge in [0, 0.05) is 6.61 Å². The Morgan fingerprint density at radius 2 is 2.15 bits per heavy atom. The molecule has 0 saturated carbocycles. The van der Waals surface area contributed by atoms with Gasteiger partial charge in [-0.05, 0) is 56.0 Å². The van der Waals surface area contributed by atoms with Crippen molar-refractivity contribution in [1.29, 1.82) is 0 Å². The summed E-state index contributed by atoms with van der Waals surface area (Å²) in [4.78, 5) is 11.3. The largest absolute Gasteiger partial charge is 0.465 e. The van der Waals surface area contributed by atoms with Gasteiger partial charge in [0.1, 0.15) is 0 Å².